The summed E-state index contributed by atoms with van der Waals surface area (Å²) in [6, 6.07) is 0. The second kappa shape index (κ2) is 8.27. The highest BCUT2D eigenvalue weighted by molar-refractivity contribution is 5.82. The van der Waals surface area contributed by atoms with Crippen LogP contribution in [0.1, 0.15) is 32.6 Å². The van der Waals surface area contributed by atoms with Crippen LogP contribution in [-0.2, 0) is 9.53 Å². The second-order valence-corrected chi connectivity index (χ2v) is 7.38. The molecular formula is C17H33N3O2. The van der Waals surface area contributed by atoms with Crippen molar-refractivity contribution in [1.82, 2.24) is 15.1 Å². The number of amides is 1. The zero-order valence-electron chi connectivity index (χ0n) is 14.6. The lowest BCUT2D eigenvalue weighted by atomic mass is 9.79. The molecule has 5 nitrogen and oxygen atoms in total. The number of rotatable bonds is 6. The van der Waals surface area contributed by atoms with Crippen molar-refractivity contribution < 1.29 is 9.53 Å². The Morgan fingerprint density at radius 1 is 1.32 bits per heavy atom. The summed E-state index contributed by atoms with van der Waals surface area (Å²) in [6.07, 6.45) is 4.40. The highest BCUT2D eigenvalue weighted by Crippen LogP contribution is 2.30. The van der Waals surface area contributed by atoms with E-state index >= 15 is 0 Å². The standard InChI is InChI=1S/C17H33N3O2/c1-17(6-9-19(2)10-7-17)16(21)18-13-15-5-4-8-20(14-15)11-12-22-3/h15H,4-14H2,1-3H3,(H,18,21). The van der Waals surface area contributed by atoms with Crippen molar-refractivity contribution in [3.05, 3.63) is 0 Å². The summed E-state index contributed by atoms with van der Waals surface area (Å²) in [4.78, 5) is 17.3. The smallest absolute Gasteiger partial charge is 0.226 e. The van der Waals surface area contributed by atoms with E-state index in [0.717, 1.165) is 58.7 Å². The molecular weight excluding hydrogens is 278 g/mol. The van der Waals surface area contributed by atoms with Gasteiger partial charge in [0.15, 0.2) is 0 Å². The molecule has 0 bridgehead atoms. The van der Waals surface area contributed by atoms with Crippen LogP contribution in [0.5, 0.6) is 0 Å². The molecule has 0 saturated carbocycles. The first-order chi connectivity index (χ1) is 10.5. The molecule has 0 aliphatic carbocycles. The third kappa shape index (κ3) is 4.93. The van der Waals surface area contributed by atoms with E-state index in [1.807, 2.05) is 0 Å². The van der Waals surface area contributed by atoms with Gasteiger partial charge in [-0.1, -0.05) is 6.92 Å². The molecule has 5 heteroatoms. The van der Waals surface area contributed by atoms with E-state index in [1.54, 1.807) is 7.11 Å². The molecule has 0 radical (unpaired) electrons. The summed E-state index contributed by atoms with van der Waals surface area (Å²) in [5, 5.41) is 3.24. The minimum Gasteiger partial charge on any atom is -0.383 e. The summed E-state index contributed by atoms with van der Waals surface area (Å²) in [7, 11) is 3.89. The Morgan fingerprint density at radius 2 is 2.05 bits per heavy atom. The van der Waals surface area contributed by atoms with Crippen molar-refractivity contribution in [2.45, 2.75) is 32.6 Å². The fourth-order valence-electron chi connectivity index (χ4n) is 3.53. The maximum Gasteiger partial charge on any atom is 0.226 e. The Labute approximate surface area is 135 Å². The summed E-state index contributed by atoms with van der Waals surface area (Å²) >= 11 is 0. The van der Waals surface area contributed by atoms with Gasteiger partial charge in [0, 0.05) is 32.2 Å². The first-order valence-electron chi connectivity index (χ1n) is 8.71. The van der Waals surface area contributed by atoms with Gasteiger partial charge in [-0.25, -0.2) is 0 Å². The van der Waals surface area contributed by atoms with Crippen LogP contribution < -0.4 is 5.32 Å². The van der Waals surface area contributed by atoms with Gasteiger partial charge in [0.2, 0.25) is 5.91 Å². The van der Waals surface area contributed by atoms with Gasteiger partial charge in [0.25, 0.3) is 0 Å². The van der Waals surface area contributed by atoms with Crippen LogP contribution in [0.15, 0.2) is 0 Å². The van der Waals surface area contributed by atoms with Gasteiger partial charge in [0.1, 0.15) is 0 Å². The van der Waals surface area contributed by atoms with Gasteiger partial charge >= 0.3 is 0 Å². The third-order valence-corrected chi connectivity index (χ3v) is 5.40. The van der Waals surface area contributed by atoms with Crippen LogP contribution in [0.4, 0.5) is 0 Å². The molecule has 0 spiro atoms. The van der Waals surface area contributed by atoms with E-state index in [2.05, 4.69) is 29.1 Å². The first-order valence-corrected chi connectivity index (χ1v) is 8.71. The van der Waals surface area contributed by atoms with Crippen molar-refractivity contribution in [2.75, 3.05) is 60.0 Å². The van der Waals surface area contributed by atoms with Crippen LogP contribution >= 0.6 is 0 Å². The highest BCUT2D eigenvalue weighted by atomic mass is 16.5. The molecule has 1 amide bonds. The molecule has 1 atom stereocenters. The molecule has 0 aromatic rings. The predicted octanol–water partition coefficient (Wildman–Crippen LogP) is 1.19. The predicted molar refractivity (Wildman–Crippen MR) is 88.9 cm³/mol. The number of carbonyl (C=O) groups excluding carboxylic acids is 1. The number of carbonyl (C=O) groups is 1. The normalized spacial score (nSPS) is 26.8. The zero-order valence-corrected chi connectivity index (χ0v) is 14.6. The summed E-state index contributed by atoms with van der Waals surface area (Å²) in [5.41, 5.74) is -0.170. The Kier molecular flexibility index (Phi) is 6.66. The molecule has 1 N–H and O–H groups in total. The van der Waals surface area contributed by atoms with Gasteiger partial charge in [0.05, 0.1) is 6.61 Å². The Balaban J connectivity index is 1.73. The third-order valence-electron chi connectivity index (χ3n) is 5.40. The average Bonchev–Trinajstić information content (AvgIpc) is 2.54. The van der Waals surface area contributed by atoms with Gasteiger partial charge in [-0.15, -0.1) is 0 Å². The molecule has 128 valence electrons. The lowest BCUT2D eigenvalue weighted by molar-refractivity contribution is -0.132. The van der Waals surface area contributed by atoms with Crippen LogP contribution in [0.25, 0.3) is 0 Å². The maximum atomic E-state index is 12.6. The second-order valence-electron chi connectivity index (χ2n) is 7.38. The monoisotopic (exact) mass is 311 g/mol. The number of piperidine rings is 2. The van der Waals surface area contributed by atoms with Crippen molar-refractivity contribution in [2.24, 2.45) is 11.3 Å². The van der Waals surface area contributed by atoms with E-state index in [-0.39, 0.29) is 11.3 Å². The molecule has 2 saturated heterocycles. The van der Waals surface area contributed by atoms with E-state index < -0.39 is 0 Å². The summed E-state index contributed by atoms with van der Waals surface area (Å²) in [6.45, 7) is 9.06. The van der Waals surface area contributed by atoms with Gasteiger partial charge in [-0.3, -0.25) is 4.79 Å². The molecule has 0 aromatic carbocycles. The van der Waals surface area contributed by atoms with Crippen molar-refractivity contribution >= 4 is 5.91 Å². The molecule has 2 aliphatic heterocycles. The van der Waals surface area contributed by atoms with E-state index in [0.29, 0.717) is 5.92 Å². The summed E-state index contributed by atoms with van der Waals surface area (Å²) < 4.78 is 5.16. The molecule has 22 heavy (non-hydrogen) atoms. The van der Waals surface area contributed by atoms with Crippen LogP contribution in [-0.4, -0.2) is 75.7 Å². The van der Waals surface area contributed by atoms with Crippen molar-refractivity contribution in [1.29, 1.82) is 0 Å². The molecule has 2 rings (SSSR count). The van der Waals surface area contributed by atoms with Crippen LogP contribution in [0, 0.1) is 11.3 Å². The largest absolute Gasteiger partial charge is 0.383 e. The number of likely N-dealkylation sites (tertiary alicyclic amines) is 2. The summed E-state index contributed by atoms with van der Waals surface area (Å²) in [5.74, 6) is 0.846. The molecule has 0 aromatic heterocycles. The topological polar surface area (TPSA) is 44.8 Å². The lowest BCUT2D eigenvalue weighted by Gasteiger charge is -2.37. The molecule has 1 unspecified atom stereocenters. The van der Waals surface area contributed by atoms with Gasteiger partial charge in [-0.2, -0.15) is 0 Å². The van der Waals surface area contributed by atoms with Crippen molar-refractivity contribution in [3.8, 4) is 0 Å². The number of nitrogens with zero attached hydrogens (tertiary/aromatic N) is 2. The van der Waals surface area contributed by atoms with Gasteiger partial charge < -0.3 is 19.9 Å². The van der Waals surface area contributed by atoms with E-state index in [1.165, 1.54) is 12.8 Å². The number of hydrogen-bond acceptors (Lipinski definition) is 4. The SMILES string of the molecule is COCCN1CCCC(CNC(=O)C2(C)CCN(C)CC2)C1. The fourth-order valence-corrected chi connectivity index (χ4v) is 3.53. The number of ether oxygens (including phenoxy) is 1. The quantitative estimate of drug-likeness (QED) is 0.800. The van der Waals surface area contributed by atoms with Crippen molar-refractivity contribution in [3.63, 3.8) is 0 Å². The number of methoxy groups -OCH3 is 1. The van der Waals surface area contributed by atoms with E-state index in [4.69, 9.17) is 4.74 Å². The van der Waals surface area contributed by atoms with E-state index in [9.17, 15) is 4.79 Å². The lowest BCUT2D eigenvalue weighted by Crippen LogP contribution is -2.48. The first kappa shape index (κ1) is 17.7. The fraction of sp³-hybridized carbons (Fsp3) is 0.941. The Morgan fingerprint density at radius 3 is 2.73 bits per heavy atom. The Bertz CT molecular complexity index is 354. The molecule has 2 heterocycles. The molecule has 2 aliphatic rings. The van der Waals surface area contributed by atoms with Crippen LogP contribution in [0.2, 0.25) is 0 Å². The zero-order chi connectivity index (χ0) is 16.0. The highest BCUT2D eigenvalue weighted by Gasteiger charge is 2.36. The minimum atomic E-state index is -0.170. The number of nitrogens with one attached hydrogen (secondary N) is 1. The maximum absolute atomic E-state index is 12.6. The van der Waals surface area contributed by atoms with Gasteiger partial charge in [-0.05, 0) is 58.3 Å². The average molecular weight is 311 g/mol. The Hall–Kier alpha value is -0.650. The minimum absolute atomic E-state index is 0.170. The van der Waals surface area contributed by atoms with Crippen LogP contribution in [0.3, 0.4) is 0 Å². The number of hydrogen-bond donors (Lipinski definition) is 1. The molecule has 2 fully saturated rings.